The highest BCUT2D eigenvalue weighted by Gasteiger charge is 2.06. The van der Waals surface area contributed by atoms with Crippen molar-refractivity contribution in [3.05, 3.63) is 34.7 Å². The van der Waals surface area contributed by atoms with Gasteiger partial charge in [0.05, 0.1) is 4.88 Å². The van der Waals surface area contributed by atoms with Crippen molar-refractivity contribution in [2.75, 3.05) is 13.7 Å². The predicted molar refractivity (Wildman–Crippen MR) is 71.6 cm³/mol. The van der Waals surface area contributed by atoms with Gasteiger partial charge in [-0.15, -0.1) is 11.3 Å². The smallest absolute Gasteiger partial charge is 0.133 e. The first-order valence-corrected chi connectivity index (χ1v) is 5.89. The van der Waals surface area contributed by atoms with Gasteiger partial charge in [0.25, 0.3) is 0 Å². The highest BCUT2D eigenvalue weighted by atomic mass is 32.1. The van der Waals surface area contributed by atoms with E-state index in [9.17, 15) is 0 Å². The van der Waals surface area contributed by atoms with Gasteiger partial charge in [0.15, 0.2) is 0 Å². The van der Waals surface area contributed by atoms with Crippen molar-refractivity contribution in [2.24, 2.45) is 5.73 Å². The average Bonchev–Trinajstić information content (AvgIpc) is 2.74. The number of fused-ring (bicyclic) bond motifs is 1. The first-order valence-electron chi connectivity index (χ1n) is 5.07. The molecule has 0 saturated carbocycles. The highest BCUT2D eigenvalue weighted by molar-refractivity contribution is 7.20. The Balaban J connectivity index is 2.50. The molecule has 0 amide bonds. The Morgan fingerprint density at radius 3 is 3.06 bits per heavy atom. The van der Waals surface area contributed by atoms with E-state index >= 15 is 0 Å². The summed E-state index contributed by atoms with van der Waals surface area (Å²) < 4.78 is 5.99. The van der Waals surface area contributed by atoms with Gasteiger partial charge in [-0.05, 0) is 18.2 Å². The Bertz CT molecular complexity index is 619. The maximum Gasteiger partial charge on any atom is 0.133 e. The third kappa shape index (κ3) is 2.47. The number of nitrogens with two attached hydrogens (primary N) is 1. The van der Waals surface area contributed by atoms with Gasteiger partial charge in [0, 0.05) is 22.8 Å². The molecular weight excluding hydrogens is 232 g/mol. The van der Waals surface area contributed by atoms with Crippen LogP contribution in [0.15, 0.2) is 24.3 Å². The van der Waals surface area contributed by atoms with Gasteiger partial charge in [0.1, 0.15) is 12.4 Å². The van der Waals surface area contributed by atoms with Gasteiger partial charge in [-0.1, -0.05) is 17.9 Å². The largest absolute Gasteiger partial charge is 0.383 e. The van der Waals surface area contributed by atoms with Crippen LogP contribution in [0.2, 0.25) is 0 Å². The Hall–Kier alpha value is -1.83. The number of benzene rings is 1. The number of ether oxygens (including phenoxy) is 1. The van der Waals surface area contributed by atoms with Crippen molar-refractivity contribution in [1.29, 1.82) is 5.41 Å². The second kappa shape index (κ2) is 5.00. The molecule has 1 aromatic carbocycles. The topological polar surface area (TPSA) is 59.1 Å². The van der Waals surface area contributed by atoms with Gasteiger partial charge in [-0.25, -0.2) is 0 Å². The Morgan fingerprint density at radius 2 is 2.35 bits per heavy atom. The van der Waals surface area contributed by atoms with Gasteiger partial charge in [-0.3, -0.25) is 5.41 Å². The molecule has 0 spiro atoms. The van der Waals surface area contributed by atoms with E-state index in [1.54, 1.807) is 7.11 Å². The Labute approximate surface area is 104 Å². The van der Waals surface area contributed by atoms with Crippen LogP contribution in [0, 0.1) is 17.3 Å². The summed E-state index contributed by atoms with van der Waals surface area (Å²) in [5, 5.41) is 8.49. The van der Waals surface area contributed by atoms with E-state index in [1.807, 2.05) is 24.3 Å². The van der Waals surface area contributed by atoms with Crippen LogP contribution >= 0.6 is 11.3 Å². The summed E-state index contributed by atoms with van der Waals surface area (Å²) in [5.74, 6) is 6.09. The number of nitrogen functional groups attached to an aromatic ring is 1. The Kier molecular flexibility index (Phi) is 3.43. The average molecular weight is 244 g/mol. The number of nitrogens with one attached hydrogen (secondary N) is 1. The summed E-state index contributed by atoms with van der Waals surface area (Å²) in [5.41, 5.74) is 6.43. The summed E-state index contributed by atoms with van der Waals surface area (Å²) in [7, 11) is 1.62. The molecule has 0 aliphatic rings. The minimum Gasteiger partial charge on any atom is -0.383 e. The quantitative estimate of drug-likeness (QED) is 0.483. The lowest BCUT2D eigenvalue weighted by atomic mass is 10.1. The number of methoxy groups -OCH3 is 1. The highest BCUT2D eigenvalue weighted by Crippen LogP contribution is 2.27. The van der Waals surface area contributed by atoms with E-state index < -0.39 is 0 Å². The number of amidine groups is 1. The molecule has 2 rings (SSSR count). The van der Waals surface area contributed by atoms with Crippen molar-refractivity contribution in [2.45, 2.75) is 0 Å². The maximum atomic E-state index is 7.44. The minimum absolute atomic E-state index is 0.0991. The van der Waals surface area contributed by atoms with E-state index in [1.165, 1.54) is 11.3 Å². The molecule has 17 heavy (non-hydrogen) atoms. The minimum atomic E-state index is 0.0991. The number of hydrogen-bond donors (Lipinski definition) is 2. The summed E-state index contributed by atoms with van der Waals surface area (Å²) in [6, 6.07) is 7.84. The van der Waals surface area contributed by atoms with E-state index in [2.05, 4.69) is 11.8 Å². The van der Waals surface area contributed by atoms with E-state index in [0.29, 0.717) is 6.61 Å². The third-order valence-electron chi connectivity index (χ3n) is 2.27. The van der Waals surface area contributed by atoms with Crippen molar-refractivity contribution >= 4 is 27.3 Å². The van der Waals surface area contributed by atoms with Crippen molar-refractivity contribution in [1.82, 2.24) is 0 Å². The van der Waals surface area contributed by atoms with E-state index in [0.717, 1.165) is 20.5 Å². The molecule has 1 aromatic heterocycles. The van der Waals surface area contributed by atoms with Gasteiger partial charge in [-0.2, -0.15) is 0 Å². The molecule has 0 aliphatic carbocycles. The van der Waals surface area contributed by atoms with Crippen LogP contribution in [0.5, 0.6) is 0 Å². The van der Waals surface area contributed by atoms with E-state index in [4.69, 9.17) is 15.9 Å². The van der Waals surface area contributed by atoms with Crippen molar-refractivity contribution in [3.63, 3.8) is 0 Å². The van der Waals surface area contributed by atoms with Crippen LogP contribution in [0.1, 0.15) is 10.4 Å². The molecular formula is C13H12N2OS. The summed E-state index contributed by atoms with van der Waals surface area (Å²) in [4.78, 5) is 0.779. The zero-order valence-corrected chi connectivity index (χ0v) is 10.2. The monoisotopic (exact) mass is 244 g/mol. The molecule has 0 radical (unpaired) electrons. The molecule has 3 nitrogen and oxygen atoms in total. The molecule has 0 fully saturated rings. The normalized spacial score (nSPS) is 9.94. The van der Waals surface area contributed by atoms with E-state index in [-0.39, 0.29) is 5.84 Å². The molecule has 0 aliphatic heterocycles. The second-order valence-electron chi connectivity index (χ2n) is 3.48. The van der Waals surface area contributed by atoms with Crippen LogP contribution in [0.4, 0.5) is 0 Å². The molecule has 0 atom stereocenters. The van der Waals surface area contributed by atoms with Crippen LogP contribution < -0.4 is 5.73 Å². The SMILES string of the molecule is COCC#Cc1cccc2sc(C(=N)N)cc12. The van der Waals surface area contributed by atoms with Crippen LogP contribution in [0.25, 0.3) is 10.1 Å². The third-order valence-corrected chi connectivity index (χ3v) is 3.40. The molecule has 0 saturated heterocycles. The first kappa shape index (κ1) is 11.6. The fraction of sp³-hybridized carbons (Fsp3) is 0.154. The molecule has 1 heterocycles. The molecule has 3 N–H and O–H groups in total. The first-order chi connectivity index (χ1) is 8.22. The number of hydrogen-bond acceptors (Lipinski definition) is 3. The molecule has 0 unspecified atom stereocenters. The summed E-state index contributed by atoms with van der Waals surface area (Å²) in [6.07, 6.45) is 0. The molecule has 0 bridgehead atoms. The summed E-state index contributed by atoms with van der Waals surface area (Å²) >= 11 is 1.51. The zero-order chi connectivity index (χ0) is 12.3. The van der Waals surface area contributed by atoms with Gasteiger partial charge < -0.3 is 10.5 Å². The standard InChI is InChI=1S/C13H12N2OS/c1-16-7-3-5-9-4-2-6-11-10(9)8-12(17-11)13(14)15/h2,4,6,8H,7H2,1H3,(H3,14,15). The number of thiophene rings is 1. The Morgan fingerprint density at radius 1 is 1.53 bits per heavy atom. The van der Waals surface area contributed by atoms with Crippen molar-refractivity contribution in [3.8, 4) is 11.8 Å². The molecule has 4 heteroatoms. The van der Waals surface area contributed by atoms with Crippen LogP contribution in [-0.4, -0.2) is 19.6 Å². The predicted octanol–water partition coefficient (Wildman–Crippen LogP) is 2.18. The van der Waals surface area contributed by atoms with Crippen LogP contribution in [-0.2, 0) is 4.74 Å². The number of rotatable bonds is 2. The molecule has 86 valence electrons. The zero-order valence-electron chi connectivity index (χ0n) is 9.41. The van der Waals surface area contributed by atoms with Gasteiger partial charge >= 0.3 is 0 Å². The maximum absolute atomic E-state index is 7.44. The summed E-state index contributed by atoms with van der Waals surface area (Å²) in [6.45, 7) is 0.417. The lowest BCUT2D eigenvalue weighted by molar-refractivity contribution is 0.240. The van der Waals surface area contributed by atoms with Gasteiger partial charge in [0.2, 0.25) is 0 Å². The lowest BCUT2D eigenvalue weighted by Gasteiger charge is -1.92. The lowest BCUT2D eigenvalue weighted by Crippen LogP contribution is -2.08. The molecule has 2 aromatic rings. The van der Waals surface area contributed by atoms with Crippen molar-refractivity contribution < 1.29 is 4.74 Å². The fourth-order valence-corrected chi connectivity index (χ4v) is 2.46. The second-order valence-corrected chi connectivity index (χ2v) is 4.56. The van der Waals surface area contributed by atoms with Crippen LogP contribution in [0.3, 0.4) is 0 Å². The fourth-order valence-electron chi connectivity index (χ4n) is 1.51.